The van der Waals surface area contributed by atoms with E-state index in [4.69, 9.17) is 26.2 Å². The zero-order valence-electron chi connectivity index (χ0n) is 19.4. The summed E-state index contributed by atoms with van der Waals surface area (Å²) in [5.74, 6) is -4.57. The fourth-order valence-electron chi connectivity index (χ4n) is 3.37. The summed E-state index contributed by atoms with van der Waals surface area (Å²) in [6, 6.07) is 0.779. The molecule has 1 aliphatic rings. The Morgan fingerprint density at radius 3 is 2.45 bits per heavy atom. The lowest BCUT2D eigenvalue weighted by Crippen LogP contribution is -2.41. The number of amidine groups is 1. The highest BCUT2D eigenvalue weighted by Gasteiger charge is 2.42. The Hall–Kier alpha value is -4.21. The van der Waals surface area contributed by atoms with Gasteiger partial charge in [0.2, 0.25) is 0 Å². The van der Waals surface area contributed by atoms with Crippen molar-refractivity contribution in [2.75, 3.05) is 13.2 Å². The number of ether oxygens (including phenoxy) is 2. The molecule has 1 aromatic carbocycles. The standard InChI is InChI=1S/C21H17ClF4N4O8/c1-3-37-17(34)8-29-18(35)13(6-16(32)33)38-19(29)27-11-5-12(10(23)4-9(11)22)30-15(31)7-14(21(24,25)26)28(2)20(30)36/h4-5,7,13H,3,6,8H2,1-2H3,(H,32,33). The normalized spacial score (nSPS) is 16.6. The largest absolute Gasteiger partial charge is 0.481 e. The third-order valence-corrected chi connectivity index (χ3v) is 5.36. The predicted molar refractivity (Wildman–Crippen MR) is 120 cm³/mol. The first-order valence-electron chi connectivity index (χ1n) is 10.5. The minimum atomic E-state index is -5.05. The quantitative estimate of drug-likeness (QED) is 0.394. The van der Waals surface area contributed by atoms with Gasteiger partial charge in [-0.15, -0.1) is 0 Å². The van der Waals surface area contributed by atoms with Crippen LogP contribution in [0.5, 0.6) is 0 Å². The van der Waals surface area contributed by atoms with Crippen LogP contribution in [0.1, 0.15) is 19.0 Å². The molecule has 1 aliphatic heterocycles. The molecule has 2 aromatic rings. The minimum absolute atomic E-state index is 0.0449. The molecule has 0 bridgehead atoms. The maximum Gasteiger partial charge on any atom is 0.431 e. The molecule has 0 radical (unpaired) electrons. The number of carboxylic acids is 1. The van der Waals surface area contributed by atoms with Crippen LogP contribution >= 0.6 is 11.6 Å². The molecule has 1 unspecified atom stereocenters. The number of amides is 1. The number of rotatable bonds is 7. The van der Waals surface area contributed by atoms with Gasteiger partial charge in [-0.1, -0.05) is 11.6 Å². The van der Waals surface area contributed by atoms with Gasteiger partial charge in [-0.05, 0) is 19.1 Å². The summed E-state index contributed by atoms with van der Waals surface area (Å²) in [7, 11) is 0.726. The average Bonchev–Trinajstić information content (AvgIpc) is 3.06. The zero-order chi connectivity index (χ0) is 28.5. The molecule has 1 N–H and O–H groups in total. The Labute approximate surface area is 214 Å². The van der Waals surface area contributed by atoms with Crippen molar-refractivity contribution in [3.8, 4) is 5.69 Å². The van der Waals surface area contributed by atoms with Gasteiger partial charge in [-0.2, -0.15) is 18.2 Å². The van der Waals surface area contributed by atoms with Crippen LogP contribution in [-0.2, 0) is 37.1 Å². The average molecular weight is 565 g/mol. The van der Waals surface area contributed by atoms with Crippen LogP contribution in [-0.4, -0.2) is 62.3 Å². The van der Waals surface area contributed by atoms with E-state index in [0.717, 1.165) is 13.1 Å². The van der Waals surface area contributed by atoms with Crippen molar-refractivity contribution in [1.29, 1.82) is 0 Å². The molecule has 0 aliphatic carbocycles. The lowest BCUT2D eigenvalue weighted by Gasteiger charge is -2.15. The monoisotopic (exact) mass is 564 g/mol. The van der Waals surface area contributed by atoms with Crippen LogP contribution in [0, 0.1) is 5.82 Å². The van der Waals surface area contributed by atoms with E-state index >= 15 is 0 Å². The number of aliphatic imine (C=N–C) groups is 1. The third-order valence-electron chi connectivity index (χ3n) is 5.06. The van der Waals surface area contributed by atoms with Crippen molar-refractivity contribution >= 4 is 41.2 Å². The highest BCUT2D eigenvalue weighted by molar-refractivity contribution is 6.33. The number of alkyl halides is 3. The van der Waals surface area contributed by atoms with Crippen LogP contribution < -0.4 is 11.2 Å². The fourth-order valence-corrected chi connectivity index (χ4v) is 3.56. The molecule has 1 saturated heterocycles. The van der Waals surface area contributed by atoms with Crippen molar-refractivity contribution in [2.45, 2.75) is 25.6 Å². The van der Waals surface area contributed by atoms with E-state index < -0.39 is 88.3 Å². The van der Waals surface area contributed by atoms with Crippen LogP contribution in [0.4, 0.5) is 23.2 Å². The first kappa shape index (κ1) is 28.4. The summed E-state index contributed by atoms with van der Waals surface area (Å²) in [4.78, 5) is 65.2. The predicted octanol–water partition coefficient (Wildman–Crippen LogP) is 1.60. The summed E-state index contributed by atoms with van der Waals surface area (Å²) >= 11 is 6.01. The summed E-state index contributed by atoms with van der Waals surface area (Å²) in [5.41, 5.74) is -5.91. The van der Waals surface area contributed by atoms with Crippen molar-refractivity contribution in [1.82, 2.24) is 14.0 Å². The Balaban J connectivity index is 2.16. The Kier molecular flexibility index (Phi) is 7.95. The second-order valence-corrected chi connectivity index (χ2v) is 8.03. The molecule has 1 aromatic heterocycles. The molecule has 0 saturated carbocycles. The number of aliphatic carboxylic acids is 1. The van der Waals surface area contributed by atoms with Gasteiger partial charge in [-0.3, -0.25) is 28.6 Å². The van der Waals surface area contributed by atoms with Crippen molar-refractivity contribution in [3.05, 3.63) is 55.6 Å². The van der Waals surface area contributed by atoms with E-state index in [9.17, 15) is 41.5 Å². The first-order valence-corrected chi connectivity index (χ1v) is 10.9. The molecule has 1 fully saturated rings. The Bertz CT molecular complexity index is 1470. The minimum Gasteiger partial charge on any atom is -0.481 e. The highest BCUT2D eigenvalue weighted by atomic mass is 35.5. The summed E-state index contributed by atoms with van der Waals surface area (Å²) < 4.78 is 64.4. The van der Waals surface area contributed by atoms with Gasteiger partial charge in [-0.25, -0.2) is 13.8 Å². The van der Waals surface area contributed by atoms with Crippen LogP contribution in [0.2, 0.25) is 5.02 Å². The molecule has 3 rings (SSSR count). The number of hydrogen-bond donors (Lipinski definition) is 1. The molecule has 12 nitrogen and oxygen atoms in total. The Morgan fingerprint density at radius 1 is 1.21 bits per heavy atom. The number of hydrogen-bond acceptors (Lipinski definition) is 8. The number of benzene rings is 1. The molecular formula is C21H17ClF4N4O8. The molecule has 1 atom stereocenters. The molecule has 2 heterocycles. The second-order valence-electron chi connectivity index (χ2n) is 7.63. The molecule has 38 heavy (non-hydrogen) atoms. The van der Waals surface area contributed by atoms with Crippen LogP contribution in [0.25, 0.3) is 5.69 Å². The third kappa shape index (κ3) is 5.69. The maximum atomic E-state index is 14.8. The first-order chi connectivity index (χ1) is 17.6. The van der Waals surface area contributed by atoms with E-state index in [0.29, 0.717) is 11.0 Å². The smallest absolute Gasteiger partial charge is 0.431 e. The van der Waals surface area contributed by atoms with Crippen LogP contribution in [0.15, 0.2) is 32.8 Å². The Morgan fingerprint density at radius 2 is 1.87 bits per heavy atom. The maximum absolute atomic E-state index is 14.8. The lowest BCUT2D eigenvalue weighted by molar-refractivity contribution is -0.147. The highest BCUT2D eigenvalue weighted by Crippen LogP contribution is 2.32. The number of nitrogens with zero attached hydrogens (tertiary/aromatic N) is 4. The van der Waals surface area contributed by atoms with Gasteiger partial charge in [0.1, 0.15) is 18.1 Å². The van der Waals surface area contributed by atoms with Gasteiger partial charge >= 0.3 is 29.8 Å². The number of esters is 1. The molecular weight excluding hydrogens is 548 g/mol. The summed E-state index contributed by atoms with van der Waals surface area (Å²) in [5, 5.41) is 8.57. The van der Waals surface area contributed by atoms with Gasteiger partial charge in [0.15, 0.2) is 6.10 Å². The van der Waals surface area contributed by atoms with Gasteiger partial charge in [0, 0.05) is 13.1 Å². The number of carboxylic acid groups (broad SMARTS) is 1. The zero-order valence-corrected chi connectivity index (χ0v) is 20.2. The molecule has 17 heteroatoms. The summed E-state index contributed by atoms with van der Waals surface area (Å²) in [6.07, 6.45) is -7.45. The van der Waals surface area contributed by atoms with Crippen molar-refractivity contribution < 1.29 is 46.5 Å². The second kappa shape index (κ2) is 10.6. The number of carbonyl (C=O) groups excluding carboxylic acids is 2. The van der Waals surface area contributed by atoms with Crippen LogP contribution in [0.3, 0.4) is 0 Å². The molecule has 0 spiro atoms. The molecule has 1 amide bonds. The van der Waals surface area contributed by atoms with E-state index in [1.807, 2.05) is 0 Å². The van der Waals surface area contributed by atoms with Crippen molar-refractivity contribution in [3.63, 3.8) is 0 Å². The fraction of sp³-hybridized carbons (Fsp3) is 0.333. The van der Waals surface area contributed by atoms with Gasteiger partial charge < -0.3 is 14.6 Å². The number of carbonyl (C=O) groups is 3. The SMILES string of the molecule is CCOC(=O)CN1C(=O)C(CC(=O)O)OC1=Nc1cc(-n2c(=O)cc(C(F)(F)F)n(C)c2=O)c(F)cc1Cl. The van der Waals surface area contributed by atoms with E-state index in [2.05, 4.69) is 4.99 Å². The van der Waals surface area contributed by atoms with E-state index in [1.165, 1.54) is 6.92 Å². The van der Waals surface area contributed by atoms with Gasteiger partial charge in [0.25, 0.3) is 11.5 Å². The van der Waals surface area contributed by atoms with Gasteiger partial charge in [0.05, 0.1) is 29.4 Å². The summed E-state index contributed by atoms with van der Waals surface area (Å²) in [6.45, 7) is 0.707. The number of aromatic nitrogens is 2. The lowest BCUT2D eigenvalue weighted by atomic mass is 10.2. The molecule has 204 valence electrons. The topological polar surface area (TPSA) is 150 Å². The van der Waals surface area contributed by atoms with Crippen molar-refractivity contribution in [2.24, 2.45) is 12.0 Å². The number of halogens is 5. The van der Waals surface area contributed by atoms with E-state index in [-0.39, 0.29) is 21.8 Å². The van der Waals surface area contributed by atoms with E-state index in [1.54, 1.807) is 0 Å².